The Labute approximate surface area is 161 Å². The number of aliphatic hydroxyl groups is 1. The summed E-state index contributed by atoms with van der Waals surface area (Å²) in [6.07, 6.45) is 6.57. The highest BCUT2D eigenvalue weighted by atomic mass is 16.4. The lowest BCUT2D eigenvalue weighted by molar-refractivity contribution is -0.0533. The van der Waals surface area contributed by atoms with Gasteiger partial charge in [-0.1, -0.05) is 43.3 Å². The third-order valence-corrected chi connectivity index (χ3v) is 7.18. The first-order chi connectivity index (χ1) is 13.0. The third kappa shape index (κ3) is 2.98. The molecule has 2 aliphatic rings. The largest absolute Gasteiger partial charge is 0.478 e. The summed E-state index contributed by atoms with van der Waals surface area (Å²) < 4.78 is 0. The Morgan fingerprint density at radius 1 is 1.15 bits per heavy atom. The summed E-state index contributed by atoms with van der Waals surface area (Å²) in [5.74, 6) is -0.440. The molecule has 142 valence electrons. The zero-order valence-electron chi connectivity index (χ0n) is 15.9. The first kappa shape index (κ1) is 18.2. The van der Waals surface area contributed by atoms with Crippen LogP contribution in [0.1, 0.15) is 72.5 Å². The highest BCUT2D eigenvalue weighted by Gasteiger charge is 2.50. The van der Waals surface area contributed by atoms with Crippen LogP contribution in [0.4, 0.5) is 0 Å². The quantitative estimate of drug-likeness (QED) is 0.800. The second-order valence-electron chi connectivity index (χ2n) is 8.38. The van der Waals surface area contributed by atoms with Gasteiger partial charge < -0.3 is 10.2 Å². The number of carbonyl (C=O) groups is 1. The fourth-order valence-corrected chi connectivity index (χ4v) is 5.70. The Morgan fingerprint density at radius 2 is 1.93 bits per heavy atom. The summed E-state index contributed by atoms with van der Waals surface area (Å²) in [6, 6.07) is 15.8. The smallest absolute Gasteiger partial charge is 0.335 e. The standard InChI is InChI=1S/C24H28O3/c1-2-23-13-14-24(27,19-8-4-3-5-9-19)16-20(23)10-6-7-17-15-18(22(25)26)11-12-21(17)23/h3-5,8-9,11-12,15,20,27H,2,6-7,10,13-14,16H2,1H3,(H,25,26)/t20-,23+,24-/m1/s1. The average molecular weight is 364 g/mol. The minimum Gasteiger partial charge on any atom is -0.478 e. The number of benzene rings is 2. The number of carboxylic acids is 1. The van der Waals surface area contributed by atoms with E-state index < -0.39 is 11.6 Å². The third-order valence-electron chi connectivity index (χ3n) is 7.18. The number of hydrogen-bond donors (Lipinski definition) is 2. The lowest BCUT2D eigenvalue weighted by Crippen LogP contribution is -2.46. The zero-order valence-corrected chi connectivity index (χ0v) is 15.9. The molecule has 0 spiro atoms. The van der Waals surface area contributed by atoms with Crippen molar-refractivity contribution in [2.75, 3.05) is 0 Å². The monoisotopic (exact) mass is 364 g/mol. The van der Waals surface area contributed by atoms with Gasteiger partial charge in [0.15, 0.2) is 0 Å². The van der Waals surface area contributed by atoms with E-state index in [1.165, 1.54) is 11.1 Å². The lowest BCUT2D eigenvalue weighted by Gasteiger charge is -2.50. The van der Waals surface area contributed by atoms with Crippen molar-refractivity contribution < 1.29 is 15.0 Å². The van der Waals surface area contributed by atoms with Gasteiger partial charge in [0.2, 0.25) is 0 Å². The highest BCUT2D eigenvalue weighted by molar-refractivity contribution is 5.88. The van der Waals surface area contributed by atoms with E-state index in [-0.39, 0.29) is 5.41 Å². The Balaban J connectivity index is 1.74. The maximum Gasteiger partial charge on any atom is 0.335 e. The van der Waals surface area contributed by atoms with Gasteiger partial charge in [-0.3, -0.25) is 0 Å². The number of aryl methyl sites for hydroxylation is 1. The van der Waals surface area contributed by atoms with E-state index in [0.29, 0.717) is 11.5 Å². The van der Waals surface area contributed by atoms with Gasteiger partial charge in [-0.15, -0.1) is 0 Å². The summed E-state index contributed by atoms with van der Waals surface area (Å²) >= 11 is 0. The van der Waals surface area contributed by atoms with Crippen LogP contribution >= 0.6 is 0 Å². The predicted octanol–water partition coefficient (Wildman–Crippen LogP) is 5.06. The van der Waals surface area contributed by atoms with E-state index in [0.717, 1.165) is 50.5 Å². The molecule has 3 heteroatoms. The van der Waals surface area contributed by atoms with Crippen LogP contribution in [0.25, 0.3) is 0 Å². The summed E-state index contributed by atoms with van der Waals surface area (Å²) in [5, 5.41) is 20.8. The minimum atomic E-state index is -0.855. The average Bonchev–Trinajstić information content (AvgIpc) is 2.84. The molecule has 2 aliphatic carbocycles. The molecule has 2 N–H and O–H groups in total. The minimum absolute atomic E-state index is 0.0455. The fraction of sp³-hybridized carbons (Fsp3) is 0.458. The molecule has 3 atom stereocenters. The van der Waals surface area contributed by atoms with Crippen molar-refractivity contribution >= 4 is 5.97 Å². The van der Waals surface area contributed by atoms with Crippen molar-refractivity contribution in [3.8, 4) is 0 Å². The van der Waals surface area contributed by atoms with Gasteiger partial charge in [-0.25, -0.2) is 4.79 Å². The van der Waals surface area contributed by atoms with Crippen molar-refractivity contribution in [2.45, 2.75) is 62.9 Å². The lowest BCUT2D eigenvalue weighted by atomic mass is 9.56. The van der Waals surface area contributed by atoms with Crippen LogP contribution in [0.2, 0.25) is 0 Å². The second-order valence-corrected chi connectivity index (χ2v) is 8.38. The van der Waals surface area contributed by atoms with Crippen molar-refractivity contribution in [2.24, 2.45) is 5.92 Å². The number of carboxylic acid groups (broad SMARTS) is 1. The van der Waals surface area contributed by atoms with Gasteiger partial charge in [-0.05, 0) is 85.1 Å². The predicted molar refractivity (Wildman–Crippen MR) is 106 cm³/mol. The molecule has 1 fully saturated rings. The molecule has 0 aliphatic heterocycles. The second kappa shape index (κ2) is 6.79. The molecular formula is C24H28O3. The highest BCUT2D eigenvalue weighted by Crippen LogP contribution is 2.55. The molecule has 27 heavy (non-hydrogen) atoms. The van der Waals surface area contributed by atoms with E-state index in [4.69, 9.17) is 0 Å². The Kier molecular flexibility index (Phi) is 4.59. The van der Waals surface area contributed by atoms with Crippen molar-refractivity contribution in [3.05, 3.63) is 70.8 Å². The summed E-state index contributed by atoms with van der Waals surface area (Å²) in [5.41, 5.74) is 3.23. The number of rotatable bonds is 3. The molecule has 1 saturated carbocycles. The van der Waals surface area contributed by atoms with Crippen LogP contribution in [-0.2, 0) is 17.4 Å². The zero-order chi connectivity index (χ0) is 19.1. The summed E-state index contributed by atoms with van der Waals surface area (Å²) in [6.45, 7) is 2.25. The van der Waals surface area contributed by atoms with E-state index in [1.54, 1.807) is 6.07 Å². The van der Waals surface area contributed by atoms with Crippen LogP contribution in [0.3, 0.4) is 0 Å². The number of aromatic carboxylic acids is 1. The van der Waals surface area contributed by atoms with E-state index in [9.17, 15) is 15.0 Å². The Morgan fingerprint density at radius 3 is 2.63 bits per heavy atom. The Hall–Kier alpha value is -2.13. The number of hydrogen-bond acceptors (Lipinski definition) is 2. The van der Waals surface area contributed by atoms with Gasteiger partial charge >= 0.3 is 5.97 Å². The molecule has 0 amide bonds. The van der Waals surface area contributed by atoms with Crippen molar-refractivity contribution in [1.29, 1.82) is 0 Å². The molecule has 0 saturated heterocycles. The number of fused-ring (bicyclic) bond motifs is 3. The molecule has 3 nitrogen and oxygen atoms in total. The SMILES string of the molecule is CC[C@]12CC[C@](O)(c3ccccc3)C[C@H]1CCCc1cc(C(=O)O)ccc12. The van der Waals surface area contributed by atoms with Crippen LogP contribution in [0.15, 0.2) is 48.5 Å². The first-order valence-electron chi connectivity index (χ1n) is 10.1. The van der Waals surface area contributed by atoms with Crippen LogP contribution in [0.5, 0.6) is 0 Å². The topological polar surface area (TPSA) is 57.5 Å². The van der Waals surface area contributed by atoms with Crippen LogP contribution < -0.4 is 0 Å². The molecule has 0 aromatic heterocycles. The maximum absolute atomic E-state index is 11.5. The molecule has 0 heterocycles. The maximum atomic E-state index is 11.5. The molecule has 0 unspecified atom stereocenters. The summed E-state index contributed by atoms with van der Waals surface area (Å²) in [4.78, 5) is 11.4. The first-order valence-corrected chi connectivity index (χ1v) is 10.1. The fourth-order valence-electron chi connectivity index (χ4n) is 5.70. The van der Waals surface area contributed by atoms with Gasteiger partial charge in [0, 0.05) is 0 Å². The normalized spacial score (nSPS) is 30.1. The molecule has 4 rings (SSSR count). The van der Waals surface area contributed by atoms with Crippen molar-refractivity contribution in [1.82, 2.24) is 0 Å². The molecule has 2 aromatic carbocycles. The molecule has 0 radical (unpaired) electrons. The van der Waals surface area contributed by atoms with Crippen LogP contribution in [0, 0.1) is 5.92 Å². The Bertz CT molecular complexity index is 844. The molecular weight excluding hydrogens is 336 g/mol. The van der Waals surface area contributed by atoms with Gasteiger partial charge in [0.05, 0.1) is 11.2 Å². The van der Waals surface area contributed by atoms with E-state index >= 15 is 0 Å². The van der Waals surface area contributed by atoms with Gasteiger partial charge in [-0.2, -0.15) is 0 Å². The van der Waals surface area contributed by atoms with Gasteiger partial charge in [0.1, 0.15) is 0 Å². The molecule has 0 bridgehead atoms. The van der Waals surface area contributed by atoms with E-state index in [1.807, 2.05) is 36.4 Å². The van der Waals surface area contributed by atoms with Crippen molar-refractivity contribution in [3.63, 3.8) is 0 Å². The summed E-state index contributed by atoms with van der Waals surface area (Å²) in [7, 11) is 0. The molecule has 2 aromatic rings. The van der Waals surface area contributed by atoms with E-state index in [2.05, 4.69) is 13.0 Å². The van der Waals surface area contributed by atoms with Gasteiger partial charge in [0.25, 0.3) is 0 Å². The van der Waals surface area contributed by atoms with Crippen LogP contribution in [-0.4, -0.2) is 16.2 Å².